The molecular formula is C2H4O3S. The summed E-state index contributed by atoms with van der Waals surface area (Å²) in [5.74, 6) is 0. The van der Waals surface area contributed by atoms with Gasteiger partial charge >= 0.3 is 0 Å². The van der Waals surface area contributed by atoms with E-state index in [0.717, 1.165) is 12.0 Å². The molecule has 0 aliphatic carbocycles. The van der Waals surface area contributed by atoms with Crippen molar-refractivity contribution in [1.82, 2.24) is 0 Å². The second-order valence-electron chi connectivity index (χ2n) is 1.12. The predicted molar refractivity (Wildman–Crippen MR) is 20.8 cm³/mol. The van der Waals surface area contributed by atoms with Gasteiger partial charge in [-0.3, -0.25) is 4.18 Å². The maximum absolute atomic E-state index is 7.82. The molecule has 1 N–H and O–H groups in total. The molecule has 0 aromatic carbocycles. The minimum atomic E-state index is -0.736. The molecule has 36 valence electrons. The van der Waals surface area contributed by atoms with E-state index in [9.17, 15) is 0 Å². The van der Waals surface area contributed by atoms with Crippen LogP contribution < -0.4 is 0 Å². The molecule has 3 nitrogen and oxygen atoms in total. The maximum Gasteiger partial charge on any atom is 0.282 e. The summed E-state index contributed by atoms with van der Waals surface area (Å²) in [7, 11) is 0. The molecule has 6 heavy (non-hydrogen) atoms. The van der Waals surface area contributed by atoms with Gasteiger partial charge in [-0.05, 0) is 0 Å². The summed E-state index contributed by atoms with van der Waals surface area (Å²) in [5.41, 5.74) is 0. The van der Waals surface area contributed by atoms with Crippen molar-refractivity contribution in [2.24, 2.45) is 0 Å². The van der Waals surface area contributed by atoms with Gasteiger partial charge in [0, 0.05) is 6.92 Å². The number of rotatable bonds is 1. The Kier molecular flexibility index (Phi) is 0.804. The van der Waals surface area contributed by atoms with E-state index in [1.54, 1.807) is 6.92 Å². The Morgan fingerprint density at radius 1 is 2.00 bits per heavy atom. The molecule has 1 heterocycles. The highest BCUT2D eigenvalue weighted by Crippen LogP contribution is 2.46. The van der Waals surface area contributed by atoms with Gasteiger partial charge in [0.1, 0.15) is 0 Å². The first-order valence-corrected chi connectivity index (χ1v) is 2.20. The second-order valence-corrected chi connectivity index (χ2v) is 2.20. The molecule has 1 aliphatic heterocycles. The van der Waals surface area contributed by atoms with Gasteiger partial charge in [-0.1, -0.05) is 0 Å². The summed E-state index contributed by atoms with van der Waals surface area (Å²) in [5, 5.41) is 7.08. The molecule has 1 rings (SSSR count). The van der Waals surface area contributed by atoms with Crippen LogP contribution in [0.1, 0.15) is 6.92 Å². The predicted octanol–water partition coefficient (Wildman–Crippen LogP) is 0.828. The lowest BCUT2D eigenvalue weighted by molar-refractivity contribution is -0.308. The van der Waals surface area contributed by atoms with Crippen molar-refractivity contribution < 1.29 is 14.3 Å². The highest BCUT2D eigenvalue weighted by atomic mass is 32.2. The van der Waals surface area contributed by atoms with Gasteiger partial charge in [0.2, 0.25) is 0 Å². The average molecular weight is 108 g/mol. The molecule has 4 heteroatoms. The van der Waals surface area contributed by atoms with Crippen LogP contribution in [0.3, 0.4) is 0 Å². The van der Waals surface area contributed by atoms with E-state index >= 15 is 0 Å². The van der Waals surface area contributed by atoms with Gasteiger partial charge < -0.3 is 0 Å². The molecule has 1 saturated heterocycles. The summed E-state index contributed by atoms with van der Waals surface area (Å²) in [4.78, 5) is 3.79. The van der Waals surface area contributed by atoms with Crippen molar-refractivity contribution >= 4 is 12.0 Å². The van der Waals surface area contributed by atoms with Crippen molar-refractivity contribution in [2.75, 3.05) is 0 Å². The van der Waals surface area contributed by atoms with Crippen molar-refractivity contribution in [3.8, 4) is 0 Å². The van der Waals surface area contributed by atoms with Crippen molar-refractivity contribution in [3.05, 3.63) is 0 Å². The van der Waals surface area contributed by atoms with Gasteiger partial charge in [0.15, 0.2) is 0 Å². The lowest BCUT2D eigenvalue weighted by Crippen LogP contribution is -2.02. The Hall–Kier alpha value is 0.230. The molecule has 0 aromatic rings. The van der Waals surface area contributed by atoms with Crippen molar-refractivity contribution in [1.29, 1.82) is 0 Å². The van der Waals surface area contributed by atoms with Crippen LogP contribution in [-0.4, -0.2) is 10.4 Å². The van der Waals surface area contributed by atoms with Crippen LogP contribution in [0.5, 0.6) is 0 Å². The molecule has 0 spiro atoms. The average Bonchev–Trinajstić information content (AvgIpc) is 2.22. The summed E-state index contributed by atoms with van der Waals surface area (Å²) in [6, 6.07) is 0. The molecule has 1 aliphatic rings. The zero-order valence-corrected chi connectivity index (χ0v) is 3.99. The van der Waals surface area contributed by atoms with Crippen LogP contribution in [-0.2, 0) is 9.07 Å². The van der Waals surface area contributed by atoms with E-state index in [0.29, 0.717) is 0 Å². The Morgan fingerprint density at radius 3 is 2.50 bits per heavy atom. The molecule has 0 radical (unpaired) electrons. The molecule has 1 atom stereocenters. The van der Waals surface area contributed by atoms with Crippen molar-refractivity contribution in [3.63, 3.8) is 0 Å². The highest BCUT2D eigenvalue weighted by molar-refractivity contribution is 8.01. The molecule has 0 aromatic heterocycles. The third-order valence-corrected chi connectivity index (χ3v) is 1.19. The fourth-order valence-corrected chi connectivity index (χ4v) is 0.267. The van der Waals surface area contributed by atoms with Crippen LogP contribution in [0.4, 0.5) is 0 Å². The maximum atomic E-state index is 7.82. The lowest BCUT2D eigenvalue weighted by atomic mass is 10.8. The number of hydrogen-bond acceptors (Lipinski definition) is 4. The minimum absolute atomic E-state index is 0.736. The lowest BCUT2D eigenvalue weighted by Gasteiger charge is -1.89. The van der Waals surface area contributed by atoms with Gasteiger partial charge in [-0.15, -0.1) is 0 Å². The molecule has 0 bridgehead atoms. The Bertz CT molecular complexity index is 59.8. The Balaban J connectivity index is 2.28. The smallest absolute Gasteiger partial charge is 0.261 e. The topological polar surface area (TPSA) is 42.0 Å². The first-order valence-electron chi connectivity index (χ1n) is 1.46. The zero-order chi connectivity index (χ0) is 4.62. The van der Waals surface area contributed by atoms with E-state index in [1.165, 1.54) is 0 Å². The van der Waals surface area contributed by atoms with Crippen LogP contribution in [0, 0.1) is 0 Å². The van der Waals surface area contributed by atoms with Gasteiger partial charge in [-0.2, -0.15) is 4.89 Å². The van der Waals surface area contributed by atoms with Crippen LogP contribution in [0.15, 0.2) is 0 Å². The first-order chi connectivity index (χ1) is 2.77. The molecule has 1 fully saturated rings. The zero-order valence-electron chi connectivity index (χ0n) is 3.17. The van der Waals surface area contributed by atoms with Crippen LogP contribution in [0.25, 0.3) is 0 Å². The van der Waals surface area contributed by atoms with Crippen LogP contribution in [0.2, 0.25) is 0 Å². The minimum Gasteiger partial charge on any atom is -0.261 e. The third-order valence-electron chi connectivity index (χ3n) is 0.484. The molecule has 0 amide bonds. The van der Waals surface area contributed by atoms with E-state index in [4.69, 9.17) is 5.26 Å². The Labute approximate surface area is 39.4 Å². The van der Waals surface area contributed by atoms with Gasteiger partial charge in [-0.25, -0.2) is 5.26 Å². The monoisotopic (exact) mass is 108 g/mol. The van der Waals surface area contributed by atoms with Gasteiger partial charge in [0.25, 0.3) is 5.12 Å². The van der Waals surface area contributed by atoms with Gasteiger partial charge in [0.05, 0.1) is 12.0 Å². The highest BCUT2D eigenvalue weighted by Gasteiger charge is 2.44. The fraction of sp³-hybridized carbons (Fsp3) is 1.00. The summed E-state index contributed by atoms with van der Waals surface area (Å²) in [6.45, 7) is 1.62. The van der Waals surface area contributed by atoms with Crippen LogP contribution >= 0.6 is 12.0 Å². The normalized spacial score (nSPS) is 43.0. The summed E-state index contributed by atoms with van der Waals surface area (Å²) >= 11 is 1.10. The standard InChI is InChI=1S/C2H4O3S/c1-2(4-3)5-6-2/h3H,1H3. The molecular weight excluding hydrogens is 104 g/mol. The Morgan fingerprint density at radius 2 is 2.50 bits per heavy atom. The summed E-state index contributed by atoms with van der Waals surface area (Å²) < 4.78 is 4.49. The fourth-order valence-electron chi connectivity index (χ4n) is 0.0891. The SMILES string of the molecule is CC1(OO)OS1. The van der Waals surface area contributed by atoms with E-state index in [1.807, 2.05) is 0 Å². The largest absolute Gasteiger partial charge is 0.282 e. The van der Waals surface area contributed by atoms with E-state index in [-0.39, 0.29) is 0 Å². The number of hydrogen-bond donors (Lipinski definition) is 1. The van der Waals surface area contributed by atoms with E-state index in [2.05, 4.69) is 9.07 Å². The summed E-state index contributed by atoms with van der Waals surface area (Å²) in [6.07, 6.45) is 0. The van der Waals surface area contributed by atoms with E-state index < -0.39 is 5.12 Å². The quantitative estimate of drug-likeness (QED) is 0.234. The van der Waals surface area contributed by atoms with Crippen molar-refractivity contribution in [2.45, 2.75) is 12.0 Å². The first kappa shape index (κ1) is 4.39. The third kappa shape index (κ3) is 0.652. The molecule has 1 unspecified atom stereocenters. The second kappa shape index (κ2) is 1.10. The molecule has 0 saturated carbocycles.